The fraction of sp³-hybridized carbons (Fsp3) is 0.312. The van der Waals surface area contributed by atoms with Gasteiger partial charge < -0.3 is 4.57 Å². The predicted molar refractivity (Wildman–Crippen MR) is 92.8 cm³/mol. The molecule has 0 aliphatic heterocycles. The van der Waals surface area contributed by atoms with Gasteiger partial charge in [-0.3, -0.25) is 0 Å². The Labute approximate surface area is 142 Å². The second kappa shape index (κ2) is 7.77. The van der Waals surface area contributed by atoms with E-state index in [1.54, 1.807) is 19.2 Å². The Bertz CT molecular complexity index is 771. The van der Waals surface area contributed by atoms with Crippen LogP contribution in [0.1, 0.15) is 18.3 Å². The Balaban J connectivity index is 2.21. The number of hydrogen-bond acceptors (Lipinski definition) is 3. The monoisotopic (exact) mass is 353 g/mol. The van der Waals surface area contributed by atoms with Crippen molar-refractivity contribution in [2.75, 3.05) is 12.3 Å². The molecule has 0 bridgehead atoms. The second-order valence-corrected chi connectivity index (χ2v) is 7.78. The molecule has 5 nitrogen and oxygen atoms in total. The van der Waals surface area contributed by atoms with Crippen LogP contribution in [-0.4, -0.2) is 34.6 Å². The van der Waals surface area contributed by atoms with E-state index in [1.807, 2.05) is 35.0 Å². The molecule has 0 fully saturated rings. The second-order valence-electron chi connectivity index (χ2n) is 5.08. The standard InChI is InChI=1S/C16H20ClN3O2S/c1-3-9-20(23(21,22)4-2)13-16-18-8-10-19(16)12-14-6-5-7-15(17)11-14/h3,5-8,10-11H,1,4,9,12-13H2,2H3. The molecule has 1 aromatic carbocycles. The van der Waals surface area contributed by atoms with Crippen molar-refractivity contribution in [2.45, 2.75) is 20.0 Å². The summed E-state index contributed by atoms with van der Waals surface area (Å²) in [6, 6.07) is 7.56. The molecule has 0 aliphatic rings. The van der Waals surface area contributed by atoms with Crippen molar-refractivity contribution >= 4 is 21.6 Å². The minimum Gasteiger partial charge on any atom is -0.329 e. The van der Waals surface area contributed by atoms with Crippen molar-refractivity contribution in [3.8, 4) is 0 Å². The van der Waals surface area contributed by atoms with E-state index in [0.29, 0.717) is 17.4 Å². The third-order valence-electron chi connectivity index (χ3n) is 3.45. The molecule has 0 saturated heterocycles. The predicted octanol–water partition coefficient (Wildman–Crippen LogP) is 2.92. The van der Waals surface area contributed by atoms with Crippen LogP contribution < -0.4 is 0 Å². The molecule has 124 valence electrons. The molecule has 1 aromatic heterocycles. The molecule has 7 heteroatoms. The van der Waals surface area contributed by atoms with Gasteiger partial charge in [0, 0.05) is 30.5 Å². The molecule has 0 N–H and O–H groups in total. The summed E-state index contributed by atoms with van der Waals surface area (Å²) < 4.78 is 27.6. The minimum absolute atomic E-state index is 0.0514. The molecule has 0 amide bonds. The molecule has 0 aliphatic carbocycles. The molecular weight excluding hydrogens is 334 g/mol. The number of sulfonamides is 1. The average molecular weight is 354 g/mol. The maximum Gasteiger partial charge on any atom is 0.214 e. The highest BCUT2D eigenvalue weighted by Crippen LogP contribution is 2.14. The Hall–Kier alpha value is -1.63. The maximum absolute atomic E-state index is 12.2. The van der Waals surface area contributed by atoms with E-state index in [-0.39, 0.29) is 18.8 Å². The van der Waals surface area contributed by atoms with Crippen molar-refractivity contribution in [2.24, 2.45) is 0 Å². The van der Waals surface area contributed by atoms with E-state index in [1.165, 1.54) is 4.31 Å². The molecule has 2 aromatic rings. The highest BCUT2D eigenvalue weighted by Gasteiger charge is 2.20. The lowest BCUT2D eigenvalue weighted by Gasteiger charge is -2.20. The molecule has 0 atom stereocenters. The van der Waals surface area contributed by atoms with E-state index >= 15 is 0 Å². The van der Waals surface area contributed by atoms with Gasteiger partial charge in [-0.25, -0.2) is 13.4 Å². The normalized spacial score (nSPS) is 11.8. The number of imidazole rings is 1. The van der Waals surface area contributed by atoms with Crippen LogP contribution in [0.15, 0.2) is 49.3 Å². The molecule has 0 unspecified atom stereocenters. The number of hydrogen-bond donors (Lipinski definition) is 0. The zero-order valence-corrected chi connectivity index (χ0v) is 14.6. The first kappa shape index (κ1) is 17.7. The summed E-state index contributed by atoms with van der Waals surface area (Å²) in [6.07, 6.45) is 5.09. The molecule has 2 rings (SSSR count). The molecule has 1 heterocycles. The van der Waals surface area contributed by atoms with Gasteiger partial charge in [0.1, 0.15) is 5.82 Å². The summed E-state index contributed by atoms with van der Waals surface area (Å²) in [4.78, 5) is 4.29. The van der Waals surface area contributed by atoms with Crippen molar-refractivity contribution in [1.29, 1.82) is 0 Å². The summed E-state index contributed by atoms with van der Waals surface area (Å²) >= 11 is 6.01. The quantitative estimate of drug-likeness (QED) is 0.686. The van der Waals surface area contributed by atoms with E-state index in [2.05, 4.69) is 11.6 Å². The van der Waals surface area contributed by atoms with Crippen molar-refractivity contribution in [3.63, 3.8) is 0 Å². The fourth-order valence-corrected chi connectivity index (χ4v) is 3.45. The molecule has 0 radical (unpaired) electrons. The lowest BCUT2D eigenvalue weighted by Crippen LogP contribution is -2.33. The van der Waals surface area contributed by atoms with E-state index < -0.39 is 10.0 Å². The summed E-state index contributed by atoms with van der Waals surface area (Å²) in [5, 5.41) is 0.672. The Morgan fingerprint density at radius 3 is 2.87 bits per heavy atom. The van der Waals surface area contributed by atoms with Gasteiger partial charge in [-0.15, -0.1) is 6.58 Å². The van der Waals surface area contributed by atoms with Gasteiger partial charge in [0.25, 0.3) is 0 Å². The Kier molecular flexibility index (Phi) is 5.98. The van der Waals surface area contributed by atoms with Crippen LogP contribution in [0, 0.1) is 0 Å². The van der Waals surface area contributed by atoms with Gasteiger partial charge in [-0.1, -0.05) is 29.8 Å². The highest BCUT2D eigenvalue weighted by molar-refractivity contribution is 7.89. The summed E-state index contributed by atoms with van der Waals surface area (Å²) in [6.45, 7) is 6.33. The minimum atomic E-state index is -3.31. The first-order chi connectivity index (χ1) is 11.0. The van der Waals surface area contributed by atoms with Crippen LogP contribution in [-0.2, 0) is 23.1 Å². The third kappa shape index (κ3) is 4.67. The van der Waals surface area contributed by atoms with Crippen LogP contribution in [0.3, 0.4) is 0 Å². The summed E-state index contributed by atoms with van der Waals surface area (Å²) in [7, 11) is -3.31. The van der Waals surface area contributed by atoms with Crippen LogP contribution >= 0.6 is 11.6 Å². The number of halogens is 1. The smallest absolute Gasteiger partial charge is 0.214 e. The maximum atomic E-state index is 12.2. The first-order valence-electron chi connectivity index (χ1n) is 7.29. The van der Waals surface area contributed by atoms with Gasteiger partial charge in [-0.2, -0.15) is 4.31 Å². The van der Waals surface area contributed by atoms with Gasteiger partial charge in [0.2, 0.25) is 10.0 Å². The number of nitrogens with zero attached hydrogens (tertiary/aromatic N) is 3. The van der Waals surface area contributed by atoms with Crippen LogP contribution in [0.4, 0.5) is 0 Å². The van der Waals surface area contributed by atoms with Crippen LogP contribution in [0.5, 0.6) is 0 Å². The largest absolute Gasteiger partial charge is 0.329 e. The Morgan fingerprint density at radius 2 is 2.22 bits per heavy atom. The summed E-state index contributed by atoms with van der Waals surface area (Å²) in [5.74, 6) is 0.736. The lowest BCUT2D eigenvalue weighted by molar-refractivity contribution is 0.422. The van der Waals surface area contributed by atoms with Crippen molar-refractivity contribution in [1.82, 2.24) is 13.9 Å². The lowest BCUT2D eigenvalue weighted by atomic mass is 10.2. The van der Waals surface area contributed by atoms with Crippen molar-refractivity contribution in [3.05, 3.63) is 65.7 Å². The third-order valence-corrected chi connectivity index (χ3v) is 5.48. The number of aromatic nitrogens is 2. The van der Waals surface area contributed by atoms with Gasteiger partial charge in [0.15, 0.2) is 0 Å². The van der Waals surface area contributed by atoms with Gasteiger partial charge >= 0.3 is 0 Å². The zero-order chi connectivity index (χ0) is 16.9. The van der Waals surface area contributed by atoms with Gasteiger partial charge in [0.05, 0.1) is 12.3 Å². The summed E-state index contributed by atoms with van der Waals surface area (Å²) in [5.41, 5.74) is 1.03. The van der Waals surface area contributed by atoms with E-state index in [9.17, 15) is 8.42 Å². The molecule has 23 heavy (non-hydrogen) atoms. The number of rotatable bonds is 8. The van der Waals surface area contributed by atoms with Crippen LogP contribution in [0.25, 0.3) is 0 Å². The topological polar surface area (TPSA) is 55.2 Å². The SMILES string of the molecule is C=CCN(Cc1nccn1Cc1cccc(Cl)c1)S(=O)(=O)CC. The highest BCUT2D eigenvalue weighted by atomic mass is 35.5. The average Bonchev–Trinajstić information content (AvgIpc) is 2.94. The Morgan fingerprint density at radius 1 is 1.43 bits per heavy atom. The molecule has 0 spiro atoms. The van der Waals surface area contributed by atoms with Gasteiger partial charge in [-0.05, 0) is 24.6 Å². The zero-order valence-electron chi connectivity index (χ0n) is 13.0. The fourth-order valence-electron chi connectivity index (χ4n) is 2.23. The van der Waals surface area contributed by atoms with E-state index in [0.717, 1.165) is 5.56 Å². The number of benzene rings is 1. The molecular formula is C16H20ClN3O2S. The first-order valence-corrected chi connectivity index (χ1v) is 9.28. The van der Waals surface area contributed by atoms with Crippen molar-refractivity contribution < 1.29 is 8.42 Å². The van der Waals surface area contributed by atoms with E-state index in [4.69, 9.17) is 11.6 Å². The van der Waals surface area contributed by atoms with Crippen LogP contribution in [0.2, 0.25) is 5.02 Å². The molecule has 0 saturated carbocycles.